The number of nitrogens with zero attached hydrogens (tertiary/aromatic N) is 1. The van der Waals surface area contributed by atoms with Crippen molar-refractivity contribution in [2.75, 3.05) is 13.1 Å². The molecule has 3 heteroatoms. The second kappa shape index (κ2) is 6.05. The lowest BCUT2D eigenvalue weighted by atomic mass is 9.79. The van der Waals surface area contributed by atoms with Crippen LogP contribution in [0.4, 0.5) is 4.39 Å². The predicted octanol–water partition coefficient (Wildman–Crippen LogP) is 3.63. The molecule has 1 atom stereocenters. The Bertz CT molecular complexity index is 494. The minimum absolute atomic E-state index is 0.120. The zero-order valence-corrected chi connectivity index (χ0v) is 13.3. The third kappa shape index (κ3) is 3.29. The summed E-state index contributed by atoms with van der Waals surface area (Å²) in [6.07, 6.45) is 6.64. The van der Waals surface area contributed by atoms with Gasteiger partial charge in [-0.15, -0.1) is 0 Å². The van der Waals surface area contributed by atoms with Gasteiger partial charge in [0.1, 0.15) is 5.82 Å². The van der Waals surface area contributed by atoms with E-state index in [0.717, 1.165) is 25.2 Å². The Morgan fingerprint density at radius 2 is 2.05 bits per heavy atom. The molecule has 2 fully saturated rings. The number of hydrogen-bond donors (Lipinski definition) is 1. The van der Waals surface area contributed by atoms with Gasteiger partial charge in [0.25, 0.3) is 0 Å². The van der Waals surface area contributed by atoms with E-state index in [-0.39, 0.29) is 5.82 Å². The van der Waals surface area contributed by atoms with E-state index in [4.69, 9.17) is 0 Å². The van der Waals surface area contributed by atoms with Gasteiger partial charge < -0.3 is 5.32 Å². The molecule has 1 N–H and O–H groups in total. The second-order valence-electron chi connectivity index (χ2n) is 7.05. The fourth-order valence-electron chi connectivity index (χ4n) is 3.90. The van der Waals surface area contributed by atoms with Crippen molar-refractivity contribution < 1.29 is 4.39 Å². The molecule has 1 unspecified atom stereocenters. The molecule has 3 rings (SSSR count). The molecule has 116 valence electrons. The van der Waals surface area contributed by atoms with E-state index in [1.54, 1.807) is 12.1 Å². The highest BCUT2D eigenvalue weighted by Gasteiger charge is 2.38. The first-order valence-corrected chi connectivity index (χ1v) is 8.32. The standard InChI is InChI=1S/C18H27FN2/c1-14-6-7-17(19)10-16(14)12-21-13-18(20-11-15(21)2)8-4-3-5-9-18/h6-7,10,15,20H,3-5,8-9,11-13H2,1-2H3. The third-order valence-electron chi connectivity index (χ3n) is 5.40. The maximum Gasteiger partial charge on any atom is 0.123 e. The van der Waals surface area contributed by atoms with Gasteiger partial charge in [0.2, 0.25) is 0 Å². The van der Waals surface area contributed by atoms with Crippen molar-refractivity contribution in [3.63, 3.8) is 0 Å². The minimum Gasteiger partial charge on any atom is -0.308 e. The summed E-state index contributed by atoms with van der Waals surface area (Å²) < 4.78 is 13.5. The molecule has 1 aliphatic heterocycles. The molecule has 1 spiro atoms. The summed E-state index contributed by atoms with van der Waals surface area (Å²) in [7, 11) is 0. The van der Waals surface area contributed by atoms with Gasteiger partial charge in [-0.05, 0) is 49.9 Å². The highest BCUT2D eigenvalue weighted by Crippen LogP contribution is 2.32. The lowest BCUT2D eigenvalue weighted by Gasteiger charge is -2.49. The van der Waals surface area contributed by atoms with Crippen molar-refractivity contribution in [1.29, 1.82) is 0 Å². The molecular formula is C18H27FN2. The summed E-state index contributed by atoms with van der Waals surface area (Å²) in [6, 6.07) is 5.67. The van der Waals surface area contributed by atoms with Crippen LogP contribution in [0.2, 0.25) is 0 Å². The van der Waals surface area contributed by atoms with E-state index in [9.17, 15) is 4.39 Å². The molecule has 0 bridgehead atoms. The molecule has 1 heterocycles. The van der Waals surface area contributed by atoms with Crippen LogP contribution in [0.25, 0.3) is 0 Å². The van der Waals surface area contributed by atoms with Gasteiger partial charge in [-0.25, -0.2) is 4.39 Å². The van der Waals surface area contributed by atoms with Crippen LogP contribution in [-0.2, 0) is 6.54 Å². The van der Waals surface area contributed by atoms with Crippen molar-refractivity contribution in [3.05, 3.63) is 35.1 Å². The van der Waals surface area contributed by atoms with Crippen LogP contribution < -0.4 is 5.32 Å². The van der Waals surface area contributed by atoms with Gasteiger partial charge in [-0.3, -0.25) is 4.90 Å². The topological polar surface area (TPSA) is 15.3 Å². The first kappa shape index (κ1) is 15.0. The van der Waals surface area contributed by atoms with Crippen LogP contribution in [0.15, 0.2) is 18.2 Å². The number of nitrogens with one attached hydrogen (secondary N) is 1. The van der Waals surface area contributed by atoms with Crippen molar-refractivity contribution in [2.45, 2.75) is 64.1 Å². The van der Waals surface area contributed by atoms with Crippen LogP contribution >= 0.6 is 0 Å². The van der Waals surface area contributed by atoms with E-state index in [0.29, 0.717) is 11.6 Å². The molecule has 1 saturated carbocycles. The Morgan fingerprint density at radius 3 is 2.81 bits per heavy atom. The zero-order valence-electron chi connectivity index (χ0n) is 13.3. The molecule has 1 saturated heterocycles. The van der Waals surface area contributed by atoms with Gasteiger partial charge in [0.05, 0.1) is 0 Å². The maximum absolute atomic E-state index is 13.5. The Hall–Kier alpha value is -0.930. The average molecular weight is 290 g/mol. The normalized spacial score (nSPS) is 26.1. The minimum atomic E-state index is -0.120. The largest absolute Gasteiger partial charge is 0.308 e. The molecule has 2 aliphatic rings. The van der Waals surface area contributed by atoms with E-state index >= 15 is 0 Å². The fraction of sp³-hybridized carbons (Fsp3) is 0.667. The average Bonchev–Trinajstić information content (AvgIpc) is 2.48. The first-order valence-electron chi connectivity index (χ1n) is 8.32. The second-order valence-corrected chi connectivity index (χ2v) is 7.05. The zero-order chi connectivity index (χ0) is 14.9. The van der Waals surface area contributed by atoms with Gasteiger partial charge in [0.15, 0.2) is 0 Å². The Morgan fingerprint density at radius 1 is 1.29 bits per heavy atom. The SMILES string of the molecule is Cc1ccc(F)cc1CN1CC2(CCCCC2)NCC1C. The highest BCUT2D eigenvalue weighted by atomic mass is 19.1. The smallest absolute Gasteiger partial charge is 0.123 e. The van der Waals surface area contributed by atoms with Gasteiger partial charge >= 0.3 is 0 Å². The van der Waals surface area contributed by atoms with E-state index in [2.05, 4.69) is 24.1 Å². The van der Waals surface area contributed by atoms with Crippen LogP contribution in [0.3, 0.4) is 0 Å². The number of hydrogen-bond acceptors (Lipinski definition) is 2. The highest BCUT2D eigenvalue weighted by molar-refractivity contribution is 5.26. The van der Waals surface area contributed by atoms with Crippen molar-refractivity contribution in [1.82, 2.24) is 10.2 Å². The van der Waals surface area contributed by atoms with Crippen molar-refractivity contribution in [2.24, 2.45) is 0 Å². The molecule has 21 heavy (non-hydrogen) atoms. The Balaban J connectivity index is 1.75. The number of rotatable bonds is 2. The first-order chi connectivity index (χ1) is 10.1. The van der Waals surface area contributed by atoms with E-state index in [1.165, 1.54) is 37.7 Å². The fourth-order valence-corrected chi connectivity index (χ4v) is 3.90. The Labute approximate surface area is 127 Å². The molecule has 1 aromatic rings. The molecule has 0 amide bonds. The van der Waals surface area contributed by atoms with Crippen LogP contribution in [-0.4, -0.2) is 29.6 Å². The lowest BCUT2D eigenvalue weighted by Crippen LogP contribution is -2.63. The van der Waals surface area contributed by atoms with Crippen molar-refractivity contribution in [3.8, 4) is 0 Å². The monoisotopic (exact) mass is 290 g/mol. The number of aryl methyl sites for hydroxylation is 1. The quantitative estimate of drug-likeness (QED) is 0.895. The summed E-state index contributed by atoms with van der Waals surface area (Å²) in [4.78, 5) is 2.55. The number of benzene rings is 1. The predicted molar refractivity (Wildman–Crippen MR) is 84.8 cm³/mol. The summed E-state index contributed by atoms with van der Waals surface area (Å²) in [6.45, 7) is 7.38. The van der Waals surface area contributed by atoms with Crippen molar-refractivity contribution >= 4 is 0 Å². The number of halogens is 1. The van der Waals surface area contributed by atoms with Crippen LogP contribution in [0.5, 0.6) is 0 Å². The molecule has 1 aliphatic carbocycles. The summed E-state index contributed by atoms with van der Waals surface area (Å²) in [5, 5.41) is 3.81. The van der Waals surface area contributed by atoms with Crippen LogP contribution in [0, 0.1) is 12.7 Å². The van der Waals surface area contributed by atoms with Gasteiger partial charge in [-0.2, -0.15) is 0 Å². The molecule has 2 nitrogen and oxygen atoms in total. The van der Waals surface area contributed by atoms with Gasteiger partial charge in [-0.1, -0.05) is 25.3 Å². The molecular weight excluding hydrogens is 263 g/mol. The summed E-state index contributed by atoms with van der Waals surface area (Å²) >= 11 is 0. The Kier molecular flexibility index (Phi) is 4.32. The third-order valence-corrected chi connectivity index (χ3v) is 5.40. The van der Waals surface area contributed by atoms with Gasteiger partial charge in [0, 0.05) is 31.2 Å². The van der Waals surface area contributed by atoms with Crippen LogP contribution in [0.1, 0.15) is 50.2 Å². The molecule has 1 aromatic carbocycles. The molecule has 0 radical (unpaired) electrons. The summed E-state index contributed by atoms with van der Waals surface area (Å²) in [5.74, 6) is -0.120. The number of piperazine rings is 1. The maximum atomic E-state index is 13.5. The lowest BCUT2D eigenvalue weighted by molar-refractivity contribution is 0.0571. The van der Waals surface area contributed by atoms with E-state index in [1.807, 2.05) is 6.07 Å². The summed E-state index contributed by atoms with van der Waals surface area (Å²) in [5.41, 5.74) is 2.64. The van der Waals surface area contributed by atoms with E-state index < -0.39 is 0 Å². The molecule has 0 aromatic heterocycles.